The fraction of sp³-hybridized carbons (Fsp3) is 0.429. The summed E-state index contributed by atoms with van der Waals surface area (Å²) < 4.78 is 0. The molecule has 22 heavy (non-hydrogen) atoms. The third kappa shape index (κ3) is 2.64. The minimum absolute atomic E-state index is 0.0966. The molecular formula is C14H16N4O4. The van der Waals surface area contributed by atoms with Gasteiger partial charge in [-0.05, 0) is 18.9 Å². The number of carbonyl (C=O) groups excluding carboxylic acids is 1. The lowest BCUT2D eigenvalue weighted by Gasteiger charge is -2.28. The summed E-state index contributed by atoms with van der Waals surface area (Å²) in [6, 6.07) is 3.90. The summed E-state index contributed by atoms with van der Waals surface area (Å²) >= 11 is 0. The molecule has 2 unspecified atom stereocenters. The van der Waals surface area contributed by atoms with Crippen LogP contribution in [0.15, 0.2) is 18.2 Å². The number of benzene rings is 1. The first-order chi connectivity index (χ1) is 10.6. The standard InChI is InChI=1S/C14H16N4O4/c19-12-4-2-1-3-11(12)15-14(20)13-9-7-8(18(21)22)5-6-10(9)16-17-13/h5-7,11-12,19H,1-4H2,(H,15,20)(H,16,17). The van der Waals surface area contributed by atoms with E-state index in [4.69, 9.17) is 0 Å². The molecule has 0 bridgehead atoms. The van der Waals surface area contributed by atoms with E-state index in [0.29, 0.717) is 17.3 Å². The molecule has 3 N–H and O–H groups in total. The minimum atomic E-state index is -0.558. The smallest absolute Gasteiger partial charge is 0.272 e. The summed E-state index contributed by atoms with van der Waals surface area (Å²) in [5.41, 5.74) is 0.567. The topological polar surface area (TPSA) is 121 Å². The molecule has 116 valence electrons. The van der Waals surface area contributed by atoms with E-state index in [1.165, 1.54) is 18.2 Å². The number of aromatic nitrogens is 2. The van der Waals surface area contributed by atoms with Crippen LogP contribution < -0.4 is 5.32 Å². The van der Waals surface area contributed by atoms with Crippen LogP contribution in [-0.4, -0.2) is 38.3 Å². The third-order valence-corrected chi connectivity index (χ3v) is 4.02. The largest absolute Gasteiger partial charge is 0.391 e. The number of rotatable bonds is 3. The van der Waals surface area contributed by atoms with E-state index in [2.05, 4.69) is 15.5 Å². The molecule has 1 fully saturated rings. The first-order valence-corrected chi connectivity index (χ1v) is 7.17. The number of carbonyl (C=O) groups is 1. The van der Waals surface area contributed by atoms with Crippen LogP contribution in [0, 0.1) is 10.1 Å². The fourth-order valence-corrected chi connectivity index (χ4v) is 2.81. The van der Waals surface area contributed by atoms with Crippen molar-refractivity contribution in [2.24, 2.45) is 0 Å². The Labute approximate surface area is 125 Å². The Morgan fingerprint density at radius 3 is 2.91 bits per heavy atom. The molecule has 0 spiro atoms. The molecule has 0 radical (unpaired) electrons. The molecule has 1 aliphatic carbocycles. The molecule has 8 heteroatoms. The lowest BCUT2D eigenvalue weighted by atomic mass is 9.92. The predicted octanol–water partition coefficient (Wildman–Crippen LogP) is 1.50. The lowest BCUT2D eigenvalue weighted by molar-refractivity contribution is -0.384. The molecule has 1 aromatic heterocycles. The summed E-state index contributed by atoms with van der Waals surface area (Å²) in [5.74, 6) is -0.433. The van der Waals surface area contributed by atoms with Crippen LogP contribution >= 0.6 is 0 Å². The van der Waals surface area contributed by atoms with E-state index >= 15 is 0 Å². The Morgan fingerprint density at radius 2 is 2.18 bits per heavy atom. The van der Waals surface area contributed by atoms with Gasteiger partial charge >= 0.3 is 0 Å². The van der Waals surface area contributed by atoms with Crippen LogP contribution in [0.5, 0.6) is 0 Å². The number of aliphatic hydroxyl groups excluding tert-OH is 1. The highest BCUT2D eigenvalue weighted by atomic mass is 16.6. The second kappa shape index (κ2) is 5.72. The Bertz CT molecular complexity index is 727. The predicted molar refractivity (Wildman–Crippen MR) is 78.5 cm³/mol. The van der Waals surface area contributed by atoms with E-state index in [1.807, 2.05) is 0 Å². The molecule has 8 nitrogen and oxygen atoms in total. The number of non-ortho nitro benzene ring substituents is 1. The van der Waals surface area contributed by atoms with Crippen LogP contribution in [0.3, 0.4) is 0 Å². The van der Waals surface area contributed by atoms with Gasteiger partial charge in [-0.15, -0.1) is 0 Å². The van der Waals surface area contributed by atoms with E-state index in [1.54, 1.807) is 0 Å². The molecule has 1 aromatic carbocycles. The number of nitrogens with one attached hydrogen (secondary N) is 2. The van der Waals surface area contributed by atoms with Crippen molar-refractivity contribution in [1.29, 1.82) is 0 Å². The third-order valence-electron chi connectivity index (χ3n) is 4.02. The molecule has 1 saturated carbocycles. The SMILES string of the molecule is O=C(NC1CCCCC1O)c1n[nH]c2ccc([N+](=O)[O-])cc12. The first-order valence-electron chi connectivity index (χ1n) is 7.17. The van der Waals surface area contributed by atoms with Gasteiger partial charge in [-0.3, -0.25) is 20.0 Å². The van der Waals surface area contributed by atoms with Crippen molar-refractivity contribution in [2.45, 2.75) is 37.8 Å². The van der Waals surface area contributed by atoms with Crippen LogP contribution in [0.4, 0.5) is 5.69 Å². The van der Waals surface area contributed by atoms with Gasteiger partial charge in [0, 0.05) is 17.5 Å². The number of nitrogens with zero attached hydrogens (tertiary/aromatic N) is 2. The highest BCUT2D eigenvalue weighted by Gasteiger charge is 2.26. The molecular weight excluding hydrogens is 288 g/mol. The van der Waals surface area contributed by atoms with Gasteiger partial charge in [-0.1, -0.05) is 12.8 Å². The van der Waals surface area contributed by atoms with Gasteiger partial charge in [-0.25, -0.2) is 0 Å². The zero-order valence-electron chi connectivity index (χ0n) is 11.8. The van der Waals surface area contributed by atoms with Crippen molar-refractivity contribution in [3.63, 3.8) is 0 Å². The molecule has 1 amide bonds. The molecule has 3 rings (SSSR count). The molecule has 1 heterocycles. The number of fused-ring (bicyclic) bond motifs is 1. The Morgan fingerprint density at radius 1 is 1.41 bits per heavy atom. The number of nitro benzene ring substituents is 1. The van der Waals surface area contributed by atoms with Crippen LogP contribution in [0.25, 0.3) is 10.9 Å². The monoisotopic (exact) mass is 304 g/mol. The molecule has 1 aliphatic rings. The minimum Gasteiger partial charge on any atom is -0.391 e. The molecule has 2 aromatic rings. The van der Waals surface area contributed by atoms with E-state index in [-0.39, 0.29) is 17.4 Å². The maximum atomic E-state index is 12.3. The first kappa shape index (κ1) is 14.5. The van der Waals surface area contributed by atoms with Crippen molar-refractivity contribution in [2.75, 3.05) is 0 Å². The number of hydrogen-bond acceptors (Lipinski definition) is 5. The van der Waals surface area contributed by atoms with Gasteiger partial charge in [-0.2, -0.15) is 5.10 Å². The average Bonchev–Trinajstić information content (AvgIpc) is 2.92. The van der Waals surface area contributed by atoms with Crippen molar-refractivity contribution in [1.82, 2.24) is 15.5 Å². The number of amides is 1. The molecule has 0 saturated heterocycles. The summed E-state index contributed by atoms with van der Waals surface area (Å²) in [4.78, 5) is 22.7. The Hall–Kier alpha value is -2.48. The fourth-order valence-electron chi connectivity index (χ4n) is 2.81. The van der Waals surface area contributed by atoms with Gasteiger partial charge in [0.15, 0.2) is 5.69 Å². The number of hydrogen-bond donors (Lipinski definition) is 3. The number of nitro groups is 1. The summed E-state index contributed by atoms with van der Waals surface area (Å²) in [5, 5.41) is 30.6. The van der Waals surface area contributed by atoms with Crippen molar-refractivity contribution < 1.29 is 14.8 Å². The number of H-pyrrole nitrogens is 1. The van der Waals surface area contributed by atoms with Gasteiger partial charge < -0.3 is 10.4 Å². The Kier molecular flexibility index (Phi) is 3.76. The zero-order chi connectivity index (χ0) is 15.7. The maximum Gasteiger partial charge on any atom is 0.272 e. The van der Waals surface area contributed by atoms with Gasteiger partial charge in [0.05, 0.1) is 22.6 Å². The van der Waals surface area contributed by atoms with Crippen molar-refractivity contribution in [3.8, 4) is 0 Å². The number of aromatic amines is 1. The van der Waals surface area contributed by atoms with Gasteiger partial charge in [0.1, 0.15) is 0 Å². The molecule has 2 atom stereocenters. The second-order valence-corrected chi connectivity index (χ2v) is 5.49. The van der Waals surface area contributed by atoms with Gasteiger partial charge in [0.2, 0.25) is 0 Å². The van der Waals surface area contributed by atoms with Gasteiger partial charge in [0.25, 0.3) is 11.6 Å². The van der Waals surface area contributed by atoms with Crippen molar-refractivity contribution >= 4 is 22.5 Å². The second-order valence-electron chi connectivity index (χ2n) is 5.49. The average molecular weight is 304 g/mol. The normalized spacial score (nSPS) is 21.7. The van der Waals surface area contributed by atoms with E-state index < -0.39 is 16.9 Å². The molecule has 0 aliphatic heterocycles. The Balaban J connectivity index is 1.87. The van der Waals surface area contributed by atoms with E-state index in [0.717, 1.165) is 19.3 Å². The number of aliphatic hydroxyl groups is 1. The summed E-state index contributed by atoms with van der Waals surface area (Å²) in [6.45, 7) is 0. The summed E-state index contributed by atoms with van der Waals surface area (Å²) in [7, 11) is 0. The van der Waals surface area contributed by atoms with Crippen molar-refractivity contribution in [3.05, 3.63) is 34.0 Å². The zero-order valence-corrected chi connectivity index (χ0v) is 11.8. The van der Waals surface area contributed by atoms with E-state index in [9.17, 15) is 20.0 Å². The highest BCUT2D eigenvalue weighted by molar-refractivity contribution is 6.05. The summed E-state index contributed by atoms with van der Waals surface area (Å²) in [6.07, 6.45) is 2.73. The van der Waals surface area contributed by atoms with Crippen LogP contribution in [-0.2, 0) is 0 Å². The van der Waals surface area contributed by atoms with Crippen LogP contribution in [0.1, 0.15) is 36.2 Å². The maximum absolute atomic E-state index is 12.3. The quantitative estimate of drug-likeness (QED) is 0.586. The highest BCUT2D eigenvalue weighted by Crippen LogP contribution is 2.23. The lowest BCUT2D eigenvalue weighted by Crippen LogP contribution is -2.45. The van der Waals surface area contributed by atoms with Crippen LogP contribution in [0.2, 0.25) is 0 Å².